The molecule has 1 amide bonds. The van der Waals surface area contributed by atoms with Gasteiger partial charge in [0.1, 0.15) is 72.6 Å². The van der Waals surface area contributed by atoms with Gasteiger partial charge in [0.25, 0.3) is 11.1 Å². The van der Waals surface area contributed by atoms with Crippen LogP contribution in [-0.2, 0) is 76.6 Å². The van der Waals surface area contributed by atoms with Gasteiger partial charge in [0, 0.05) is 94.4 Å². The quantitative estimate of drug-likeness (QED) is 0.0218. The third-order valence-electron chi connectivity index (χ3n) is 18.0. The van der Waals surface area contributed by atoms with E-state index in [9.17, 15) is 57.6 Å². The highest BCUT2D eigenvalue weighted by molar-refractivity contribution is 7.47. The van der Waals surface area contributed by atoms with Gasteiger partial charge in [0.2, 0.25) is 5.91 Å². The summed E-state index contributed by atoms with van der Waals surface area (Å²) in [5.74, 6) is 4.09. The standard InChI is InChI=1S/C66H77N13O22P2/c1-74(2)24-25-75-22-19-56(82)98-63(75)41-17-13-40(14-18-41)45-33-79(66(87)73-62(45)85)55-28-48(51(97-55)36-94-103(90,91)100-47-27-54(96-50(47)34-92-3)78-31-43(61(84)72-65(78)86)10-7-21-69-52(81)29-67)101-102(88,89)93-35-49-46(80)26-53(95-49)77-32-44(58-59(68)70-37-71-60(58)77)39-11-15-42(16-12-39)64-76(23-20-57(83)99-64)30-38-8-5-4-6-9-38/h4-6,8-9,11-18,31-33,37,46-51,53-55,63-64,80H,19-30,34-36,67H2,1-3H3,(H,69,81)(H,88,89)(H,90,91)(H2,68,70,71)(H,72,84,86)(H,73,85,87)/t46-,47-,48-,49+,50+,51+,53+,54+,55+,63?,64?/m0/s1. The predicted octanol–water partition coefficient (Wildman–Crippen LogP) is 2.01. The highest BCUT2D eigenvalue weighted by atomic mass is 31.2. The molecule has 4 aromatic heterocycles. The molecule has 548 valence electrons. The SMILES string of the molecule is COC[C@H]1O[C@@H](n2cc(C#CCNC(=O)CN)c(=O)[nH]c2=O)C[C@@H]1OP(=O)(O)OC[C@H]1O[C@@H](n2cc(-c3ccc(C4OC(=O)CCN4CCN(C)C)cc3)c(=O)[nH]c2=O)C[C@@H]1OP(=O)(O)OC[C@H]1O[C@@H](n2cc(-c3ccc(C4OC(=O)CCN4Cc4ccccc4)cc3)c3c(N)ncnc32)C[C@@H]1O. The molecule has 0 spiro atoms. The van der Waals surface area contributed by atoms with Gasteiger partial charge < -0.3 is 69.6 Å². The van der Waals surface area contributed by atoms with Crippen LogP contribution in [0.15, 0.2) is 123 Å². The van der Waals surface area contributed by atoms with Crippen LogP contribution in [0.25, 0.3) is 33.3 Å². The number of likely N-dealkylation sites (N-methyl/N-ethyl adjacent to an activating group) is 1. The average molecular weight is 1470 g/mol. The maximum atomic E-state index is 14.3. The number of nitrogen functional groups attached to an aromatic ring is 1. The van der Waals surface area contributed by atoms with Gasteiger partial charge in [-0.2, -0.15) is 0 Å². The molecule has 5 aliphatic heterocycles. The monoisotopic (exact) mass is 1470 g/mol. The molecule has 5 fully saturated rings. The van der Waals surface area contributed by atoms with Crippen molar-refractivity contribution in [3.05, 3.63) is 168 Å². The molecular weight excluding hydrogens is 1390 g/mol. The second-order valence-electron chi connectivity index (χ2n) is 25.3. The minimum atomic E-state index is -5.32. The van der Waals surface area contributed by atoms with Crippen LogP contribution in [0.4, 0.5) is 5.82 Å². The number of cyclic esters (lactones) is 2. The Morgan fingerprint density at radius 1 is 0.699 bits per heavy atom. The molecule has 0 radical (unpaired) electrons. The number of nitrogens with two attached hydrogens (primary N) is 2. The summed E-state index contributed by atoms with van der Waals surface area (Å²) < 4.78 is 90.0. The van der Waals surface area contributed by atoms with E-state index in [0.717, 1.165) is 26.5 Å². The van der Waals surface area contributed by atoms with Crippen molar-refractivity contribution in [1.29, 1.82) is 0 Å². The summed E-state index contributed by atoms with van der Waals surface area (Å²) in [6.07, 6.45) is -8.49. The van der Waals surface area contributed by atoms with Gasteiger partial charge in [0.15, 0.2) is 12.5 Å². The number of aromatic nitrogens is 7. The number of esters is 2. The Bertz CT molecular complexity index is 4660. The number of aliphatic hydroxyl groups excluding tert-OH is 1. The number of aliphatic hydroxyl groups is 1. The molecule has 4 unspecified atom stereocenters. The molecule has 0 saturated carbocycles. The minimum absolute atomic E-state index is 0.0376. The number of carbonyl (C=O) groups is 3. The van der Waals surface area contributed by atoms with E-state index in [2.05, 4.69) is 42.0 Å². The van der Waals surface area contributed by atoms with Crippen molar-refractivity contribution in [3.8, 4) is 34.1 Å². The Hall–Kier alpha value is -8.73. The van der Waals surface area contributed by atoms with Crippen molar-refractivity contribution in [2.24, 2.45) is 5.73 Å². The van der Waals surface area contributed by atoms with Gasteiger partial charge >= 0.3 is 39.0 Å². The Labute approximate surface area is 586 Å². The first-order valence-electron chi connectivity index (χ1n) is 32.9. The van der Waals surface area contributed by atoms with Crippen LogP contribution in [0.5, 0.6) is 0 Å². The van der Waals surface area contributed by atoms with Crippen LogP contribution in [-0.4, -0.2) is 198 Å². The zero-order valence-corrected chi connectivity index (χ0v) is 57.8. The zero-order valence-electron chi connectivity index (χ0n) is 56.0. The van der Waals surface area contributed by atoms with E-state index in [1.165, 1.54) is 19.6 Å². The van der Waals surface area contributed by atoms with Crippen molar-refractivity contribution < 1.29 is 84.9 Å². The summed E-state index contributed by atoms with van der Waals surface area (Å²) in [4.78, 5) is 132. The molecule has 7 aromatic rings. The van der Waals surface area contributed by atoms with E-state index >= 15 is 0 Å². The second kappa shape index (κ2) is 32.1. The van der Waals surface area contributed by atoms with Crippen LogP contribution in [0, 0.1) is 11.8 Å². The number of phosphoric ester groups is 2. The third-order valence-corrected chi connectivity index (χ3v) is 20.0. The van der Waals surface area contributed by atoms with Crippen LogP contribution >= 0.6 is 15.6 Å². The zero-order chi connectivity index (χ0) is 72.9. The van der Waals surface area contributed by atoms with Crippen molar-refractivity contribution in [1.82, 2.24) is 53.7 Å². The van der Waals surface area contributed by atoms with E-state index < -0.39 is 131 Å². The predicted molar refractivity (Wildman–Crippen MR) is 363 cm³/mol. The number of phosphoric acid groups is 2. The summed E-state index contributed by atoms with van der Waals surface area (Å²) in [5.41, 5.74) is 12.3. The molecule has 12 rings (SSSR count). The molecule has 0 aliphatic carbocycles. The smallest absolute Gasteiger partial charge is 0.442 e. The van der Waals surface area contributed by atoms with E-state index in [0.29, 0.717) is 66.0 Å². The number of anilines is 1. The first-order valence-corrected chi connectivity index (χ1v) is 35.9. The number of fused-ring (bicyclic) bond motifs is 1. The van der Waals surface area contributed by atoms with Crippen LogP contribution < -0.4 is 39.3 Å². The van der Waals surface area contributed by atoms with Gasteiger partial charge in [-0.15, -0.1) is 0 Å². The Morgan fingerprint density at radius 2 is 1.24 bits per heavy atom. The van der Waals surface area contributed by atoms with Gasteiger partial charge in [0.05, 0.1) is 62.8 Å². The highest BCUT2D eigenvalue weighted by Crippen LogP contribution is 2.52. The number of methoxy groups -OCH3 is 1. The number of nitrogens with zero attached hydrogens (tertiary/aromatic N) is 8. The van der Waals surface area contributed by atoms with Crippen molar-refractivity contribution in [3.63, 3.8) is 0 Å². The van der Waals surface area contributed by atoms with E-state index in [1.807, 2.05) is 78.5 Å². The number of nitrogens with one attached hydrogen (secondary N) is 3. The largest absolute Gasteiger partial charge is 0.472 e. The van der Waals surface area contributed by atoms with Crippen LogP contribution in [0.1, 0.15) is 85.5 Å². The van der Waals surface area contributed by atoms with Gasteiger partial charge in [-0.25, -0.2) is 28.7 Å². The lowest BCUT2D eigenvalue weighted by atomic mass is 10.0. The maximum Gasteiger partial charge on any atom is 0.472 e. The number of ether oxygens (including phenoxy) is 6. The molecule has 5 saturated heterocycles. The first-order chi connectivity index (χ1) is 49.4. The lowest BCUT2D eigenvalue weighted by Gasteiger charge is -2.35. The molecule has 0 bridgehead atoms. The maximum absolute atomic E-state index is 14.3. The minimum Gasteiger partial charge on any atom is -0.442 e. The fourth-order valence-electron chi connectivity index (χ4n) is 12.8. The van der Waals surface area contributed by atoms with E-state index in [1.54, 1.807) is 35.0 Å². The van der Waals surface area contributed by atoms with Gasteiger partial charge in [-0.1, -0.05) is 90.7 Å². The summed E-state index contributed by atoms with van der Waals surface area (Å²) in [6.45, 7) is 0.336. The molecule has 9 heterocycles. The number of benzene rings is 3. The van der Waals surface area contributed by atoms with Crippen molar-refractivity contribution in [2.75, 3.05) is 86.0 Å². The summed E-state index contributed by atoms with van der Waals surface area (Å²) >= 11 is 0. The normalized spacial score (nSPS) is 25.1. The fraction of sp³-hybridized carbons (Fsp3) is 0.439. The molecule has 10 N–H and O–H groups in total. The van der Waals surface area contributed by atoms with E-state index in [4.69, 9.17) is 58.0 Å². The van der Waals surface area contributed by atoms with Crippen LogP contribution in [0.3, 0.4) is 0 Å². The highest BCUT2D eigenvalue weighted by Gasteiger charge is 2.47. The van der Waals surface area contributed by atoms with Crippen molar-refractivity contribution in [2.45, 2.75) is 106 Å². The van der Waals surface area contributed by atoms with Crippen molar-refractivity contribution >= 4 is 50.3 Å². The summed E-state index contributed by atoms with van der Waals surface area (Å²) in [7, 11) is -5.46. The Morgan fingerprint density at radius 3 is 1.85 bits per heavy atom. The Balaban J connectivity index is 0.761. The van der Waals surface area contributed by atoms with E-state index in [-0.39, 0.29) is 74.3 Å². The Kier molecular flexibility index (Phi) is 23.1. The lowest BCUT2D eigenvalue weighted by molar-refractivity contribution is -0.172. The molecule has 103 heavy (non-hydrogen) atoms. The number of hydrogen-bond acceptors (Lipinski definition) is 27. The van der Waals surface area contributed by atoms with Gasteiger partial charge in [-0.05, 0) is 30.8 Å². The average Bonchev–Trinajstić information content (AvgIpc) is 1.62. The molecule has 13 atom stereocenters. The van der Waals surface area contributed by atoms with Crippen LogP contribution in [0.2, 0.25) is 0 Å². The molecule has 3 aromatic carbocycles. The summed E-state index contributed by atoms with van der Waals surface area (Å²) in [6, 6.07) is 23.8. The molecule has 37 heteroatoms. The lowest BCUT2D eigenvalue weighted by Crippen LogP contribution is -2.42. The topological polar surface area (TPSA) is 453 Å². The number of hydrogen-bond donors (Lipinski definition) is 8. The molecule has 35 nitrogen and oxygen atoms in total. The second-order valence-corrected chi connectivity index (χ2v) is 28.1. The molecular formula is C66H77N13O22P2. The molecule has 5 aliphatic rings. The number of amides is 1. The fourth-order valence-corrected chi connectivity index (χ4v) is 14.7. The first kappa shape index (κ1) is 74.0. The number of carbonyl (C=O) groups excluding carboxylic acids is 3. The number of H-pyrrole nitrogens is 2. The number of aromatic amines is 2. The third kappa shape index (κ3) is 17.6. The number of rotatable bonds is 26. The summed E-state index contributed by atoms with van der Waals surface area (Å²) in [5, 5.41) is 14.4. The van der Waals surface area contributed by atoms with Gasteiger partial charge in [-0.3, -0.25) is 71.0 Å².